The summed E-state index contributed by atoms with van der Waals surface area (Å²) in [7, 11) is 0. The van der Waals surface area contributed by atoms with E-state index in [4.69, 9.17) is 0 Å². The quantitative estimate of drug-likeness (QED) is 0.612. The van der Waals surface area contributed by atoms with Crippen LogP contribution in [0.15, 0.2) is 30.6 Å². The molecule has 3 N–H and O–H groups in total. The van der Waals surface area contributed by atoms with Gasteiger partial charge in [0.1, 0.15) is 18.0 Å². The maximum Gasteiger partial charge on any atom is 0.315 e. The van der Waals surface area contributed by atoms with Gasteiger partial charge in [-0.25, -0.2) is 19.4 Å². The van der Waals surface area contributed by atoms with Gasteiger partial charge >= 0.3 is 6.03 Å². The van der Waals surface area contributed by atoms with Gasteiger partial charge in [-0.1, -0.05) is 12.1 Å². The summed E-state index contributed by atoms with van der Waals surface area (Å²) in [6.07, 6.45) is 4.95. The molecule has 8 nitrogen and oxygen atoms in total. The Labute approximate surface area is 145 Å². The van der Waals surface area contributed by atoms with Gasteiger partial charge in [-0.05, 0) is 25.0 Å². The van der Waals surface area contributed by atoms with Crippen molar-refractivity contribution in [2.75, 3.05) is 6.54 Å². The van der Waals surface area contributed by atoms with Crippen LogP contribution < -0.4 is 10.6 Å². The molecule has 0 spiro atoms. The van der Waals surface area contributed by atoms with Crippen LogP contribution in [0.3, 0.4) is 0 Å². The van der Waals surface area contributed by atoms with Gasteiger partial charge in [-0.15, -0.1) is 0 Å². The van der Waals surface area contributed by atoms with Crippen molar-refractivity contribution in [1.29, 1.82) is 0 Å². The molecule has 1 atom stereocenters. The van der Waals surface area contributed by atoms with Crippen LogP contribution in [0, 0.1) is 0 Å². The number of nitrogens with one attached hydrogen (secondary N) is 3. The fourth-order valence-electron chi connectivity index (χ4n) is 3.17. The molecule has 1 aromatic carbocycles. The maximum absolute atomic E-state index is 12.0. The zero-order valence-corrected chi connectivity index (χ0v) is 13.9. The molecule has 3 aromatic rings. The molecule has 0 unspecified atom stereocenters. The molecule has 25 heavy (non-hydrogen) atoms. The van der Waals surface area contributed by atoms with Crippen LogP contribution in [0.5, 0.6) is 0 Å². The summed E-state index contributed by atoms with van der Waals surface area (Å²) in [4.78, 5) is 24.1. The number of fused-ring (bicyclic) bond motifs is 2. The van der Waals surface area contributed by atoms with Crippen LogP contribution in [0.4, 0.5) is 4.79 Å². The van der Waals surface area contributed by atoms with Crippen molar-refractivity contribution in [1.82, 2.24) is 35.4 Å². The van der Waals surface area contributed by atoms with Gasteiger partial charge in [0, 0.05) is 19.4 Å². The molecule has 0 saturated carbocycles. The molecule has 130 valence electrons. The lowest BCUT2D eigenvalue weighted by Crippen LogP contribution is -2.46. The van der Waals surface area contributed by atoms with Gasteiger partial charge < -0.3 is 15.6 Å². The Morgan fingerprint density at radius 2 is 2.28 bits per heavy atom. The Morgan fingerprint density at radius 1 is 1.36 bits per heavy atom. The van der Waals surface area contributed by atoms with E-state index in [9.17, 15) is 4.79 Å². The molecule has 1 aliphatic rings. The van der Waals surface area contributed by atoms with Gasteiger partial charge in [0.25, 0.3) is 0 Å². The first-order valence-electron chi connectivity index (χ1n) is 8.62. The predicted octanol–water partition coefficient (Wildman–Crippen LogP) is 1.40. The molecule has 0 fully saturated rings. The first kappa shape index (κ1) is 15.6. The summed E-state index contributed by atoms with van der Waals surface area (Å²) in [5.74, 6) is 1.94. The van der Waals surface area contributed by atoms with Gasteiger partial charge in [0.05, 0.1) is 23.6 Å². The minimum absolute atomic E-state index is 0.101. The number of amides is 2. The minimum Gasteiger partial charge on any atom is -0.342 e. The number of H-pyrrole nitrogens is 1. The van der Waals surface area contributed by atoms with Crippen LogP contribution in [0.2, 0.25) is 0 Å². The lowest BCUT2D eigenvalue weighted by atomic mass is 10.1. The van der Waals surface area contributed by atoms with Crippen LogP contribution in [0.1, 0.15) is 24.5 Å². The number of rotatable bonds is 5. The number of hydrogen-bond acceptors (Lipinski definition) is 4. The van der Waals surface area contributed by atoms with E-state index in [1.54, 1.807) is 6.33 Å². The number of aryl methyl sites for hydroxylation is 2. The van der Waals surface area contributed by atoms with Crippen LogP contribution >= 0.6 is 0 Å². The average Bonchev–Trinajstić information content (AvgIpc) is 3.24. The van der Waals surface area contributed by atoms with E-state index in [1.165, 1.54) is 0 Å². The zero-order valence-electron chi connectivity index (χ0n) is 13.9. The molecule has 4 rings (SSSR count). The molecule has 8 heteroatoms. The molecule has 0 aliphatic carbocycles. The van der Waals surface area contributed by atoms with E-state index >= 15 is 0 Å². The number of hydrogen-bond donors (Lipinski definition) is 3. The summed E-state index contributed by atoms with van der Waals surface area (Å²) < 4.78 is 1.86. The van der Waals surface area contributed by atoms with Crippen molar-refractivity contribution in [2.45, 2.75) is 38.3 Å². The summed E-state index contributed by atoms with van der Waals surface area (Å²) in [5, 5.41) is 10.1. The molecule has 2 aromatic heterocycles. The third-order valence-corrected chi connectivity index (χ3v) is 4.46. The second-order valence-corrected chi connectivity index (χ2v) is 6.30. The molecule has 0 bridgehead atoms. The summed E-state index contributed by atoms with van der Waals surface area (Å²) in [5.41, 5.74) is 2.03. The van der Waals surface area contributed by atoms with E-state index in [0.29, 0.717) is 13.1 Å². The van der Waals surface area contributed by atoms with Crippen molar-refractivity contribution in [3.8, 4) is 0 Å². The number of carbonyl (C=O) groups excluding carboxylic acids is 1. The van der Waals surface area contributed by atoms with Crippen molar-refractivity contribution >= 4 is 17.1 Å². The number of aromatic amines is 1. The van der Waals surface area contributed by atoms with Crippen molar-refractivity contribution in [3.63, 3.8) is 0 Å². The van der Waals surface area contributed by atoms with Gasteiger partial charge in [-0.3, -0.25) is 0 Å². The molecule has 2 amide bonds. The lowest BCUT2D eigenvalue weighted by molar-refractivity contribution is 0.231. The van der Waals surface area contributed by atoms with Gasteiger partial charge in [-0.2, -0.15) is 5.10 Å². The average molecular weight is 339 g/mol. The number of nitrogens with zero attached hydrogens (tertiary/aromatic N) is 4. The highest BCUT2D eigenvalue weighted by molar-refractivity contribution is 5.75. The van der Waals surface area contributed by atoms with Crippen molar-refractivity contribution in [2.24, 2.45) is 0 Å². The first-order chi connectivity index (χ1) is 12.3. The number of para-hydroxylation sites is 2. The number of carbonyl (C=O) groups is 1. The Kier molecular flexibility index (Phi) is 4.32. The molecule has 3 heterocycles. The largest absolute Gasteiger partial charge is 0.342 e. The van der Waals surface area contributed by atoms with Gasteiger partial charge in [0.15, 0.2) is 0 Å². The van der Waals surface area contributed by atoms with Crippen LogP contribution in [0.25, 0.3) is 11.0 Å². The summed E-state index contributed by atoms with van der Waals surface area (Å²) >= 11 is 0. The SMILES string of the molecule is O=C(NCCCc1nc2ccccc2[nH]1)N[C@H]1CCc2ncnn2C1. The topological polar surface area (TPSA) is 101 Å². The standard InChI is InChI=1S/C17H21N7O/c25-17(21-12-7-8-16-19-11-20-24(16)10-12)18-9-3-6-15-22-13-4-1-2-5-14(13)23-15/h1-2,4-5,11-12H,3,6-10H2,(H,22,23)(H2,18,21,25)/t12-/m0/s1. The maximum atomic E-state index is 12.0. The Morgan fingerprint density at radius 3 is 3.20 bits per heavy atom. The summed E-state index contributed by atoms with van der Waals surface area (Å²) in [6, 6.07) is 7.95. The second-order valence-electron chi connectivity index (χ2n) is 6.30. The van der Waals surface area contributed by atoms with E-state index in [0.717, 1.165) is 48.4 Å². The predicted molar refractivity (Wildman–Crippen MR) is 93.1 cm³/mol. The molecule has 0 saturated heterocycles. The smallest absolute Gasteiger partial charge is 0.315 e. The summed E-state index contributed by atoms with van der Waals surface area (Å²) in [6.45, 7) is 1.30. The fraction of sp³-hybridized carbons (Fsp3) is 0.412. The Balaban J connectivity index is 1.19. The number of benzene rings is 1. The molecular formula is C17H21N7O. The number of aromatic nitrogens is 5. The Hall–Kier alpha value is -2.90. The second kappa shape index (κ2) is 6.92. The lowest BCUT2D eigenvalue weighted by Gasteiger charge is -2.23. The van der Waals surface area contributed by atoms with E-state index < -0.39 is 0 Å². The van der Waals surface area contributed by atoms with E-state index in [2.05, 4.69) is 30.7 Å². The van der Waals surface area contributed by atoms with Crippen LogP contribution in [-0.2, 0) is 19.4 Å². The van der Waals surface area contributed by atoms with E-state index in [1.807, 2.05) is 28.9 Å². The van der Waals surface area contributed by atoms with Gasteiger partial charge in [0.2, 0.25) is 0 Å². The van der Waals surface area contributed by atoms with E-state index in [-0.39, 0.29) is 12.1 Å². The monoisotopic (exact) mass is 339 g/mol. The normalized spacial score (nSPS) is 16.6. The highest BCUT2D eigenvalue weighted by atomic mass is 16.2. The highest BCUT2D eigenvalue weighted by Gasteiger charge is 2.20. The Bertz CT molecular complexity index is 836. The number of imidazole rings is 1. The third kappa shape index (κ3) is 3.62. The van der Waals surface area contributed by atoms with Crippen molar-refractivity contribution < 1.29 is 4.79 Å². The van der Waals surface area contributed by atoms with Crippen LogP contribution in [-0.4, -0.2) is 43.4 Å². The molecule has 0 radical (unpaired) electrons. The zero-order chi connectivity index (χ0) is 17.1. The fourth-order valence-corrected chi connectivity index (χ4v) is 3.17. The van der Waals surface area contributed by atoms with Crippen molar-refractivity contribution in [3.05, 3.63) is 42.2 Å². The third-order valence-electron chi connectivity index (χ3n) is 4.46. The molecular weight excluding hydrogens is 318 g/mol. The number of urea groups is 1. The highest BCUT2D eigenvalue weighted by Crippen LogP contribution is 2.12. The molecule has 1 aliphatic heterocycles. The first-order valence-corrected chi connectivity index (χ1v) is 8.62. The minimum atomic E-state index is -0.127.